The van der Waals surface area contributed by atoms with Gasteiger partial charge in [-0.1, -0.05) is 78.4 Å². The van der Waals surface area contributed by atoms with Gasteiger partial charge in [-0.05, 0) is 55.9 Å². The van der Waals surface area contributed by atoms with E-state index in [1.165, 1.54) is 23.3 Å². The zero-order valence-electron chi connectivity index (χ0n) is 17.1. The molecule has 30 heavy (non-hydrogen) atoms. The van der Waals surface area contributed by atoms with Gasteiger partial charge < -0.3 is 5.11 Å². The minimum absolute atomic E-state index is 0.0666. The van der Waals surface area contributed by atoms with E-state index in [9.17, 15) is 13.5 Å². The first-order valence-corrected chi connectivity index (χ1v) is 11.6. The van der Waals surface area contributed by atoms with E-state index in [-0.39, 0.29) is 16.4 Å². The van der Waals surface area contributed by atoms with E-state index >= 15 is 0 Å². The molecule has 0 heterocycles. The zero-order chi connectivity index (χ0) is 21.6. The number of hydrogen-bond acceptors (Lipinski definition) is 3. The van der Waals surface area contributed by atoms with Crippen LogP contribution in [-0.2, 0) is 15.5 Å². The summed E-state index contributed by atoms with van der Waals surface area (Å²) in [5.41, 5.74) is 3.81. The number of rotatable bonds is 3. The van der Waals surface area contributed by atoms with Crippen molar-refractivity contribution in [1.82, 2.24) is 0 Å². The third kappa shape index (κ3) is 5.36. The Morgan fingerprint density at radius 2 is 1.20 bits per heavy atom. The molecule has 0 saturated heterocycles. The lowest BCUT2D eigenvalue weighted by Gasteiger charge is -2.40. The maximum atomic E-state index is 10.5. The lowest BCUT2D eigenvalue weighted by Crippen LogP contribution is -2.34. The van der Waals surface area contributed by atoms with Crippen molar-refractivity contribution in [1.29, 1.82) is 0 Å². The number of aliphatic hydroxyl groups is 1. The zero-order valence-corrected chi connectivity index (χ0v) is 17.9. The Hall–Kier alpha value is -2.47. The van der Waals surface area contributed by atoms with Crippen LogP contribution in [0.1, 0.15) is 42.4 Å². The van der Waals surface area contributed by atoms with Crippen LogP contribution in [0.15, 0.2) is 89.8 Å². The summed E-state index contributed by atoms with van der Waals surface area (Å²) in [6.45, 7) is 1.84. The molecule has 1 saturated carbocycles. The molecule has 0 bridgehead atoms. The summed E-state index contributed by atoms with van der Waals surface area (Å²) in [7, 11) is -4.02. The van der Waals surface area contributed by atoms with Crippen LogP contribution >= 0.6 is 0 Å². The van der Waals surface area contributed by atoms with Crippen LogP contribution in [-0.4, -0.2) is 24.2 Å². The van der Waals surface area contributed by atoms with Crippen molar-refractivity contribution in [2.75, 3.05) is 0 Å². The third-order valence-corrected chi connectivity index (χ3v) is 6.65. The van der Waals surface area contributed by atoms with E-state index in [0.29, 0.717) is 0 Å². The van der Waals surface area contributed by atoms with Crippen LogP contribution < -0.4 is 0 Å². The molecule has 0 amide bonds. The fraction of sp³-hybridized carbons (Fsp3) is 0.280. The summed E-state index contributed by atoms with van der Waals surface area (Å²) in [6, 6.07) is 27.5. The molecule has 2 N–H and O–H groups in total. The molecule has 0 spiro atoms. The Labute approximate surface area is 179 Å². The minimum Gasteiger partial charge on any atom is -0.393 e. The second-order valence-corrected chi connectivity index (χ2v) is 9.25. The Morgan fingerprint density at radius 3 is 1.60 bits per heavy atom. The van der Waals surface area contributed by atoms with Crippen LogP contribution in [0.4, 0.5) is 0 Å². The van der Waals surface area contributed by atoms with E-state index in [1.54, 1.807) is 12.1 Å². The monoisotopic (exact) mass is 424 g/mol. The first kappa shape index (κ1) is 22.2. The van der Waals surface area contributed by atoms with Gasteiger partial charge in [0.1, 0.15) is 0 Å². The van der Waals surface area contributed by atoms with Crippen molar-refractivity contribution in [2.24, 2.45) is 0 Å². The summed E-state index contributed by atoms with van der Waals surface area (Å²) in [5, 5.41) is 9.84. The maximum absolute atomic E-state index is 10.5. The van der Waals surface area contributed by atoms with Gasteiger partial charge in [0.15, 0.2) is 0 Å². The Bertz CT molecular complexity index is 980. The fourth-order valence-corrected chi connectivity index (χ4v) is 4.54. The maximum Gasteiger partial charge on any atom is 0.294 e. The molecule has 4 nitrogen and oxygen atoms in total. The van der Waals surface area contributed by atoms with Gasteiger partial charge in [-0.25, -0.2) is 0 Å². The third-order valence-electron chi connectivity index (χ3n) is 5.78. The molecule has 1 aliphatic carbocycles. The Balaban J connectivity index is 0.000000199. The molecule has 0 unspecified atom stereocenters. The van der Waals surface area contributed by atoms with Crippen LogP contribution in [0.5, 0.6) is 0 Å². The normalized spacial score (nSPS) is 16.4. The van der Waals surface area contributed by atoms with Gasteiger partial charge in [-0.15, -0.1) is 0 Å². The highest BCUT2D eigenvalue weighted by molar-refractivity contribution is 7.85. The second kappa shape index (κ2) is 9.56. The van der Waals surface area contributed by atoms with Crippen molar-refractivity contribution >= 4 is 10.1 Å². The van der Waals surface area contributed by atoms with Crippen molar-refractivity contribution in [2.45, 2.75) is 49.0 Å². The molecule has 3 aromatic rings. The van der Waals surface area contributed by atoms with E-state index in [2.05, 4.69) is 60.7 Å². The SMILES string of the molecule is Cc1ccc(S(=O)(=O)O)cc1.OC1CCC(c2ccccc2)(c2ccccc2)CC1. The summed E-state index contributed by atoms with van der Waals surface area (Å²) < 4.78 is 29.6. The van der Waals surface area contributed by atoms with Crippen LogP contribution in [0.2, 0.25) is 0 Å². The topological polar surface area (TPSA) is 74.6 Å². The summed E-state index contributed by atoms with van der Waals surface area (Å²) in [5.74, 6) is 0. The summed E-state index contributed by atoms with van der Waals surface area (Å²) >= 11 is 0. The molecule has 0 aliphatic heterocycles. The van der Waals surface area contributed by atoms with Crippen LogP contribution in [0.3, 0.4) is 0 Å². The van der Waals surface area contributed by atoms with E-state index < -0.39 is 10.1 Å². The average molecular weight is 425 g/mol. The molecule has 0 radical (unpaired) electrons. The standard InChI is InChI=1S/C18H20O.C7H8O3S/c19-17-11-13-18(14-12-17,15-7-3-1-4-8-15)16-9-5-2-6-10-16;1-6-2-4-7(5-3-6)11(8,9)10/h1-10,17,19H,11-14H2;2-5H,1H3,(H,8,9,10). The molecular weight excluding hydrogens is 396 g/mol. The number of hydrogen-bond donors (Lipinski definition) is 2. The van der Waals surface area contributed by atoms with Crippen LogP contribution in [0.25, 0.3) is 0 Å². The van der Waals surface area contributed by atoms with Crippen molar-refractivity contribution in [3.8, 4) is 0 Å². The molecule has 5 heteroatoms. The number of aliphatic hydroxyl groups excluding tert-OH is 1. The predicted molar refractivity (Wildman–Crippen MR) is 119 cm³/mol. The van der Waals surface area contributed by atoms with E-state index in [0.717, 1.165) is 31.2 Å². The highest BCUT2D eigenvalue weighted by Gasteiger charge is 2.37. The number of aryl methyl sites for hydroxylation is 1. The average Bonchev–Trinajstić information content (AvgIpc) is 2.76. The highest BCUT2D eigenvalue weighted by atomic mass is 32.2. The smallest absolute Gasteiger partial charge is 0.294 e. The highest BCUT2D eigenvalue weighted by Crippen LogP contribution is 2.44. The van der Waals surface area contributed by atoms with Crippen molar-refractivity contribution in [3.63, 3.8) is 0 Å². The molecule has 1 aliphatic rings. The van der Waals surface area contributed by atoms with Crippen molar-refractivity contribution in [3.05, 3.63) is 102 Å². The molecule has 158 valence electrons. The van der Waals surface area contributed by atoms with Crippen LogP contribution in [0, 0.1) is 6.92 Å². The molecule has 0 atom stereocenters. The largest absolute Gasteiger partial charge is 0.393 e. The first-order chi connectivity index (χ1) is 14.3. The number of benzene rings is 3. The quantitative estimate of drug-likeness (QED) is 0.570. The van der Waals surface area contributed by atoms with E-state index in [1.807, 2.05) is 6.92 Å². The van der Waals surface area contributed by atoms with E-state index in [4.69, 9.17) is 4.55 Å². The summed E-state index contributed by atoms with van der Waals surface area (Å²) in [6.07, 6.45) is 3.72. The molecule has 4 rings (SSSR count). The van der Waals surface area contributed by atoms with Gasteiger partial charge in [0.2, 0.25) is 0 Å². The van der Waals surface area contributed by atoms with Gasteiger partial charge in [0.25, 0.3) is 10.1 Å². The lowest BCUT2D eigenvalue weighted by molar-refractivity contribution is 0.106. The summed E-state index contributed by atoms with van der Waals surface area (Å²) in [4.78, 5) is -0.0666. The van der Waals surface area contributed by atoms with Gasteiger partial charge in [0.05, 0.1) is 11.0 Å². The molecular formula is C25H28O4S. The first-order valence-electron chi connectivity index (χ1n) is 10.1. The second-order valence-electron chi connectivity index (χ2n) is 7.83. The van der Waals surface area contributed by atoms with Gasteiger partial charge in [-0.2, -0.15) is 8.42 Å². The van der Waals surface area contributed by atoms with Crippen molar-refractivity contribution < 1.29 is 18.1 Å². The Morgan fingerprint density at radius 1 is 0.767 bits per heavy atom. The van der Waals surface area contributed by atoms with Gasteiger partial charge >= 0.3 is 0 Å². The predicted octanol–water partition coefficient (Wildman–Crippen LogP) is 5.15. The van der Waals surface area contributed by atoms with Gasteiger partial charge in [-0.3, -0.25) is 4.55 Å². The van der Waals surface area contributed by atoms with Gasteiger partial charge in [0, 0.05) is 5.41 Å². The molecule has 1 fully saturated rings. The molecule has 0 aromatic heterocycles. The minimum atomic E-state index is -4.02. The Kier molecular flexibility index (Phi) is 7.08. The fourth-order valence-electron chi connectivity index (χ4n) is 4.06. The molecule has 3 aromatic carbocycles. The lowest BCUT2D eigenvalue weighted by atomic mass is 9.65.